The van der Waals surface area contributed by atoms with Crippen molar-refractivity contribution in [1.29, 1.82) is 0 Å². The van der Waals surface area contributed by atoms with Crippen molar-refractivity contribution in [2.45, 2.75) is 63.5 Å². The van der Waals surface area contributed by atoms with Gasteiger partial charge in [-0.25, -0.2) is 14.8 Å². The molecule has 0 unspecified atom stereocenters. The number of anilines is 3. The highest BCUT2D eigenvalue weighted by Crippen LogP contribution is 2.42. The number of carbonyl (C=O) groups excluding carboxylic acids is 1. The van der Waals surface area contributed by atoms with Crippen LogP contribution in [0.1, 0.15) is 70.5 Å². The zero-order valence-corrected chi connectivity index (χ0v) is 35.9. The van der Waals surface area contributed by atoms with Gasteiger partial charge in [0.15, 0.2) is 0 Å². The molecular formula is C55H54N6O2. The van der Waals surface area contributed by atoms with E-state index in [1.807, 2.05) is 16.1 Å². The number of hydrogen-bond acceptors (Lipinski definition) is 5. The maximum absolute atomic E-state index is 15.2. The Bertz CT molecular complexity index is 2570. The Morgan fingerprint density at radius 2 is 1.29 bits per heavy atom. The van der Waals surface area contributed by atoms with E-state index in [0.29, 0.717) is 26.2 Å². The lowest BCUT2D eigenvalue weighted by molar-refractivity contribution is 0.0823. The van der Waals surface area contributed by atoms with Gasteiger partial charge in [0, 0.05) is 55.7 Å². The van der Waals surface area contributed by atoms with Crippen molar-refractivity contribution in [1.82, 2.24) is 14.6 Å². The molecule has 2 amide bonds. The predicted octanol–water partition coefficient (Wildman–Crippen LogP) is 11.3. The summed E-state index contributed by atoms with van der Waals surface area (Å²) in [6.07, 6.45) is 10.1. The summed E-state index contributed by atoms with van der Waals surface area (Å²) in [6.45, 7) is 4.16. The number of amides is 2. The Labute approximate surface area is 370 Å². The van der Waals surface area contributed by atoms with Crippen LogP contribution in [0.3, 0.4) is 0 Å². The maximum atomic E-state index is 15.2. The number of fused-ring (bicyclic) bond motifs is 2. The quantitative estimate of drug-likeness (QED) is 0.104. The van der Waals surface area contributed by atoms with Crippen molar-refractivity contribution in [3.8, 4) is 0 Å². The van der Waals surface area contributed by atoms with Gasteiger partial charge in [0.25, 0.3) is 0 Å². The standard InChI is InChI=1S/C55H54N6O2/c1-40-21-30-50-51(39-40)60(54(62)61(58-53(50)43-32-37-63-38-33-43)49-26-22-41-13-11-12-14-42(41)23-27-49)48-28-24-47(25-29-48)56-34-31-52-57-35-36-59(52)55(44-15-5-2-6-16-44,45-17-7-3-8-18-45)46-19-9-4-10-20-46/h2-21,24-25,28-30,35-36,39,43,49,56H,22-23,26-27,31-34,37-38H2,1H3. The first-order valence-corrected chi connectivity index (χ1v) is 22.6. The van der Waals surface area contributed by atoms with Gasteiger partial charge < -0.3 is 14.6 Å². The molecule has 7 aromatic rings. The first-order chi connectivity index (χ1) is 31.1. The minimum atomic E-state index is -0.630. The van der Waals surface area contributed by atoms with Crippen molar-refractivity contribution in [2.75, 3.05) is 30.0 Å². The monoisotopic (exact) mass is 830 g/mol. The van der Waals surface area contributed by atoms with Gasteiger partial charge in [-0.3, -0.25) is 4.90 Å². The molecule has 6 aromatic carbocycles. The van der Waals surface area contributed by atoms with E-state index >= 15 is 4.79 Å². The molecule has 3 aliphatic rings. The molecule has 2 aliphatic heterocycles. The number of carbonyl (C=O) groups is 1. The van der Waals surface area contributed by atoms with E-state index in [1.54, 1.807) is 0 Å². The zero-order valence-electron chi connectivity index (χ0n) is 35.9. The Kier molecular flexibility index (Phi) is 11.5. The van der Waals surface area contributed by atoms with Crippen LogP contribution < -0.4 is 10.2 Å². The number of aromatic nitrogens is 2. The smallest absolute Gasteiger partial charge is 0.349 e. The van der Waals surface area contributed by atoms with Crippen LogP contribution >= 0.6 is 0 Å². The maximum Gasteiger partial charge on any atom is 0.349 e. The number of nitrogens with one attached hydrogen (secondary N) is 1. The van der Waals surface area contributed by atoms with E-state index in [1.165, 1.54) is 11.1 Å². The molecule has 3 heterocycles. The molecule has 1 N–H and O–H groups in total. The molecule has 0 bridgehead atoms. The third-order valence-corrected chi connectivity index (χ3v) is 13.3. The molecule has 1 aromatic heterocycles. The Morgan fingerprint density at radius 3 is 1.89 bits per heavy atom. The number of ether oxygens (including phenoxy) is 1. The number of urea groups is 1. The number of benzene rings is 6. The lowest BCUT2D eigenvalue weighted by Gasteiger charge is -2.38. The lowest BCUT2D eigenvalue weighted by atomic mass is 9.76. The molecule has 8 nitrogen and oxygen atoms in total. The summed E-state index contributed by atoms with van der Waals surface area (Å²) in [5.74, 6) is 1.18. The van der Waals surface area contributed by atoms with Gasteiger partial charge in [-0.2, -0.15) is 5.10 Å². The third kappa shape index (κ3) is 7.85. The van der Waals surface area contributed by atoms with Gasteiger partial charge in [0.2, 0.25) is 0 Å². The van der Waals surface area contributed by atoms with Crippen LogP contribution in [0, 0.1) is 12.8 Å². The van der Waals surface area contributed by atoms with E-state index in [-0.39, 0.29) is 18.0 Å². The number of imidazole rings is 1. The lowest BCUT2D eigenvalue weighted by Crippen LogP contribution is -2.43. The van der Waals surface area contributed by atoms with Crippen molar-refractivity contribution in [2.24, 2.45) is 11.0 Å². The molecule has 1 saturated heterocycles. The molecule has 0 saturated carbocycles. The Hall–Kier alpha value is -6.77. The molecule has 316 valence electrons. The highest BCUT2D eigenvalue weighted by atomic mass is 16.5. The van der Waals surface area contributed by atoms with Crippen molar-refractivity contribution in [3.63, 3.8) is 0 Å². The summed E-state index contributed by atoms with van der Waals surface area (Å²) >= 11 is 0. The summed E-state index contributed by atoms with van der Waals surface area (Å²) in [5.41, 5.74) is 11.4. The topological polar surface area (TPSA) is 75.0 Å². The highest BCUT2D eigenvalue weighted by molar-refractivity contribution is 6.14. The number of hydrogen-bond donors (Lipinski definition) is 1. The van der Waals surface area contributed by atoms with Gasteiger partial charge in [-0.05, 0) is 109 Å². The van der Waals surface area contributed by atoms with Crippen molar-refractivity contribution < 1.29 is 9.53 Å². The first kappa shape index (κ1) is 40.3. The largest absolute Gasteiger partial charge is 0.385 e. The second-order valence-electron chi connectivity index (χ2n) is 17.1. The number of aryl methyl sites for hydroxylation is 3. The summed E-state index contributed by atoms with van der Waals surface area (Å²) in [5, 5.41) is 10.9. The average molecular weight is 831 g/mol. The first-order valence-electron chi connectivity index (χ1n) is 22.6. The van der Waals surface area contributed by atoms with Crippen LogP contribution in [0.25, 0.3) is 0 Å². The summed E-state index contributed by atoms with van der Waals surface area (Å²) in [6, 6.07) is 55.6. The minimum Gasteiger partial charge on any atom is -0.385 e. The predicted molar refractivity (Wildman–Crippen MR) is 253 cm³/mol. The molecule has 8 heteroatoms. The van der Waals surface area contributed by atoms with Gasteiger partial charge in [0.05, 0.1) is 23.1 Å². The Balaban J connectivity index is 0.945. The zero-order chi connectivity index (χ0) is 42.6. The van der Waals surface area contributed by atoms with Crippen LogP contribution in [-0.2, 0) is 29.5 Å². The van der Waals surface area contributed by atoms with Gasteiger partial charge in [-0.15, -0.1) is 0 Å². The van der Waals surface area contributed by atoms with E-state index in [4.69, 9.17) is 14.8 Å². The van der Waals surface area contributed by atoms with Crippen LogP contribution in [0.15, 0.2) is 175 Å². The van der Waals surface area contributed by atoms with Crippen LogP contribution in [0.5, 0.6) is 0 Å². The molecule has 10 rings (SSSR count). The van der Waals surface area contributed by atoms with Gasteiger partial charge >= 0.3 is 6.03 Å². The van der Waals surface area contributed by atoms with Crippen LogP contribution in [0.4, 0.5) is 21.9 Å². The Morgan fingerprint density at radius 1 is 0.698 bits per heavy atom. The SMILES string of the molecule is Cc1ccc2c(c1)N(c1ccc(NCCc3nccn3C(c3ccccc3)(c3ccccc3)c3ccccc3)cc1)C(=O)N(C1CCc3ccccc3CC1)N=C2C1CCOCC1. The van der Waals surface area contributed by atoms with Gasteiger partial charge in [-0.1, -0.05) is 127 Å². The van der Waals surface area contributed by atoms with E-state index < -0.39 is 5.54 Å². The highest BCUT2D eigenvalue weighted by Gasteiger charge is 2.40. The minimum absolute atomic E-state index is 0.0319. The molecule has 1 fully saturated rings. The van der Waals surface area contributed by atoms with Gasteiger partial charge in [0.1, 0.15) is 11.4 Å². The average Bonchev–Trinajstić information content (AvgIpc) is 3.64. The molecular weight excluding hydrogens is 777 g/mol. The number of hydrazone groups is 1. The normalized spacial score (nSPS) is 16.1. The number of nitrogens with zero attached hydrogens (tertiary/aromatic N) is 5. The van der Waals surface area contributed by atoms with Crippen LogP contribution in [-0.4, -0.2) is 52.1 Å². The molecule has 0 spiro atoms. The molecule has 1 aliphatic carbocycles. The molecule has 0 radical (unpaired) electrons. The molecule has 0 atom stereocenters. The van der Waals surface area contributed by atoms with E-state index in [9.17, 15) is 0 Å². The summed E-state index contributed by atoms with van der Waals surface area (Å²) < 4.78 is 8.16. The second-order valence-corrected chi connectivity index (χ2v) is 17.1. The summed E-state index contributed by atoms with van der Waals surface area (Å²) in [4.78, 5) is 22.1. The summed E-state index contributed by atoms with van der Waals surface area (Å²) in [7, 11) is 0. The fourth-order valence-electron chi connectivity index (χ4n) is 10.1. The van der Waals surface area contributed by atoms with Crippen molar-refractivity contribution in [3.05, 3.63) is 215 Å². The van der Waals surface area contributed by atoms with E-state index in [2.05, 4.69) is 181 Å². The van der Waals surface area contributed by atoms with Crippen molar-refractivity contribution >= 4 is 28.8 Å². The molecule has 63 heavy (non-hydrogen) atoms. The number of rotatable bonds is 11. The fourth-order valence-corrected chi connectivity index (χ4v) is 10.1. The fraction of sp³-hybridized carbons (Fsp3) is 0.255. The van der Waals surface area contributed by atoms with Crippen LogP contribution in [0.2, 0.25) is 0 Å². The second kappa shape index (κ2) is 17.9. The van der Waals surface area contributed by atoms with E-state index in [0.717, 1.165) is 94.9 Å². The third-order valence-electron chi connectivity index (χ3n) is 13.3.